The number of imidazole rings is 1. The number of rotatable bonds is 0. The van der Waals surface area contributed by atoms with Crippen LogP contribution in [-0.2, 0) is 5.54 Å². The van der Waals surface area contributed by atoms with Gasteiger partial charge in [0, 0.05) is 18.0 Å². The van der Waals surface area contributed by atoms with Gasteiger partial charge in [-0.05, 0) is 12.5 Å². The molecule has 3 N–H and O–H groups in total. The molecule has 5 heteroatoms. The summed E-state index contributed by atoms with van der Waals surface area (Å²) in [4.78, 5) is 19.0. The minimum Gasteiger partial charge on any atom is -0.317 e. The Morgan fingerprint density at radius 1 is 1.37 bits per heavy atom. The quantitative estimate of drug-likeness (QED) is 0.631. The number of hydrogen-bond donors (Lipinski definition) is 2. The van der Waals surface area contributed by atoms with Crippen molar-refractivity contribution in [3.05, 3.63) is 58.3 Å². The van der Waals surface area contributed by atoms with Crippen molar-refractivity contribution in [2.24, 2.45) is 5.73 Å². The molecule has 19 heavy (non-hydrogen) atoms. The normalized spacial score (nSPS) is 20.5. The average molecular weight is 252 g/mol. The minimum atomic E-state index is -0.644. The number of benzene rings is 1. The maximum atomic E-state index is 12.0. The second kappa shape index (κ2) is 3.13. The first-order valence-corrected chi connectivity index (χ1v) is 6.09. The second-order valence-electron chi connectivity index (χ2n) is 5.05. The molecule has 0 spiro atoms. The first kappa shape index (κ1) is 10.5. The van der Waals surface area contributed by atoms with E-state index in [1.54, 1.807) is 16.8 Å². The summed E-state index contributed by atoms with van der Waals surface area (Å²) in [5, 5.41) is 0. The van der Waals surface area contributed by atoms with Crippen molar-refractivity contribution in [2.45, 2.75) is 12.5 Å². The van der Waals surface area contributed by atoms with Crippen LogP contribution in [0.1, 0.15) is 18.2 Å². The van der Waals surface area contributed by atoms with Gasteiger partial charge in [0.15, 0.2) is 0 Å². The molecule has 0 bridgehead atoms. The van der Waals surface area contributed by atoms with Gasteiger partial charge >= 0.3 is 0 Å². The zero-order valence-corrected chi connectivity index (χ0v) is 10.3. The monoisotopic (exact) mass is 252 g/mol. The van der Waals surface area contributed by atoms with Crippen molar-refractivity contribution in [1.29, 1.82) is 0 Å². The Morgan fingerprint density at radius 2 is 2.16 bits per heavy atom. The van der Waals surface area contributed by atoms with E-state index in [2.05, 4.69) is 9.97 Å². The molecular formula is C14H12N4O. The maximum Gasteiger partial charge on any atom is 0.292 e. The Hall–Kier alpha value is -2.40. The summed E-state index contributed by atoms with van der Waals surface area (Å²) < 4.78 is 1.79. The van der Waals surface area contributed by atoms with Crippen LogP contribution in [0.2, 0.25) is 0 Å². The van der Waals surface area contributed by atoms with Crippen molar-refractivity contribution >= 4 is 5.65 Å². The van der Waals surface area contributed by atoms with E-state index in [0.717, 1.165) is 22.5 Å². The Balaban J connectivity index is 2.27. The molecule has 1 aliphatic carbocycles. The fraction of sp³-hybridized carbons (Fsp3) is 0.143. The molecule has 0 saturated heterocycles. The zero-order valence-electron chi connectivity index (χ0n) is 10.3. The van der Waals surface area contributed by atoms with Crippen molar-refractivity contribution in [3.63, 3.8) is 0 Å². The molecular weight excluding hydrogens is 240 g/mol. The molecule has 94 valence electrons. The van der Waals surface area contributed by atoms with Crippen LogP contribution in [-0.4, -0.2) is 14.4 Å². The number of fused-ring (bicyclic) bond motifs is 5. The van der Waals surface area contributed by atoms with Gasteiger partial charge < -0.3 is 10.7 Å². The summed E-state index contributed by atoms with van der Waals surface area (Å²) in [6.45, 7) is 1.95. The van der Waals surface area contributed by atoms with Crippen LogP contribution in [0, 0.1) is 0 Å². The molecule has 0 amide bonds. The van der Waals surface area contributed by atoms with E-state index in [9.17, 15) is 4.79 Å². The summed E-state index contributed by atoms with van der Waals surface area (Å²) >= 11 is 0. The predicted octanol–water partition coefficient (Wildman–Crippen LogP) is 1.23. The number of nitrogens with two attached hydrogens (primary N) is 1. The summed E-state index contributed by atoms with van der Waals surface area (Å²) in [7, 11) is 0. The molecule has 1 aromatic carbocycles. The van der Waals surface area contributed by atoms with Crippen LogP contribution < -0.4 is 11.3 Å². The number of aromatic nitrogens is 3. The zero-order chi connectivity index (χ0) is 13.2. The molecule has 2 heterocycles. The van der Waals surface area contributed by atoms with Gasteiger partial charge in [-0.15, -0.1) is 0 Å². The number of nitrogens with zero attached hydrogens (tertiary/aromatic N) is 2. The fourth-order valence-corrected chi connectivity index (χ4v) is 2.99. The number of nitrogens with one attached hydrogen (secondary N) is 1. The van der Waals surface area contributed by atoms with Crippen molar-refractivity contribution in [3.8, 4) is 11.3 Å². The van der Waals surface area contributed by atoms with Gasteiger partial charge in [-0.25, -0.2) is 4.98 Å². The Morgan fingerprint density at radius 3 is 3.00 bits per heavy atom. The van der Waals surface area contributed by atoms with E-state index in [1.165, 1.54) is 0 Å². The second-order valence-corrected chi connectivity index (χ2v) is 5.05. The standard InChI is InChI=1S/C14H12N4O/c1-14(15)9-5-3-2-4-8(9)10-11(14)18-7-6-16-12(18)13(19)17-10/h2-7H,15H2,1H3,(H,17,19)/t14-/m0/s1. The molecule has 0 unspecified atom stereocenters. The lowest BCUT2D eigenvalue weighted by Gasteiger charge is -2.21. The van der Waals surface area contributed by atoms with Crippen LogP contribution in [0.5, 0.6) is 0 Å². The summed E-state index contributed by atoms with van der Waals surface area (Å²) in [6, 6.07) is 7.88. The minimum absolute atomic E-state index is 0.198. The summed E-state index contributed by atoms with van der Waals surface area (Å²) in [5.41, 5.74) is 9.70. The van der Waals surface area contributed by atoms with Gasteiger partial charge in [0.2, 0.25) is 5.65 Å². The van der Waals surface area contributed by atoms with E-state index in [-0.39, 0.29) is 5.56 Å². The third kappa shape index (κ3) is 1.13. The molecule has 3 aromatic rings. The van der Waals surface area contributed by atoms with Gasteiger partial charge in [-0.2, -0.15) is 0 Å². The molecule has 0 saturated carbocycles. The van der Waals surface area contributed by atoms with Crippen LogP contribution in [0.3, 0.4) is 0 Å². The van der Waals surface area contributed by atoms with Crippen molar-refractivity contribution in [2.75, 3.05) is 0 Å². The van der Waals surface area contributed by atoms with Gasteiger partial charge in [-0.1, -0.05) is 24.3 Å². The Bertz CT molecular complexity index is 873. The highest BCUT2D eigenvalue weighted by Gasteiger charge is 2.39. The maximum absolute atomic E-state index is 12.0. The molecule has 1 atom stereocenters. The topological polar surface area (TPSA) is 76.2 Å². The number of H-pyrrole nitrogens is 1. The van der Waals surface area contributed by atoms with Gasteiger partial charge in [0.25, 0.3) is 5.56 Å². The lowest BCUT2D eigenvalue weighted by atomic mass is 9.94. The lowest BCUT2D eigenvalue weighted by Crippen LogP contribution is -2.34. The molecule has 2 aromatic heterocycles. The third-order valence-electron chi connectivity index (χ3n) is 3.81. The van der Waals surface area contributed by atoms with Gasteiger partial charge in [0.1, 0.15) is 0 Å². The molecule has 0 radical (unpaired) electrons. The SMILES string of the molecule is C[C@]1(N)c2ccccc2-c2[nH]c(=O)c3nccn3c21. The highest BCUT2D eigenvalue weighted by Crippen LogP contribution is 2.43. The van der Waals surface area contributed by atoms with Crippen LogP contribution in [0.15, 0.2) is 41.5 Å². The molecule has 5 nitrogen and oxygen atoms in total. The first-order chi connectivity index (χ1) is 9.10. The first-order valence-electron chi connectivity index (χ1n) is 6.09. The lowest BCUT2D eigenvalue weighted by molar-refractivity contribution is 0.589. The van der Waals surface area contributed by atoms with Gasteiger partial charge in [0.05, 0.1) is 16.9 Å². The average Bonchev–Trinajstić information content (AvgIpc) is 2.94. The molecule has 0 aliphatic heterocycles. The van der Waals surface area contributed by atoms with Crippen LogP contribution >= 0.6 is 0 Å². The van der Waals surface area contributed by atoms with Crippen molar-refractivity contribution < 1.29 is 0 Å². The highest BCUT2D eigenvalue weighted by atomic mass is 16.1. The number of aromatic amines is 1. The van der Waals surface area contributed by atoms with E-state index in [1.807, 2.05) is 31.2 Å². The molecule has 4 rings (SSSR count). The van der Waals surface area contributed by atoms with Crippen LogP contribution in [0.25, 0.3) is 16.9 Å². The van der Waals surface area contributed by atoms with E-state index < -0.39 is 5.54 Å². The van der Waals surface area contributed by atoms with E-state index in [0.29, 0.717) is 5.65 Å². The molecule has 0 fully saturated rings. The fourth-order valence-electron chi connectivity index (χ4n) is 2.99. The summed E-state index contributed by atoms with van der Waals surface area (Å²) in [6.07, 6.45) is 3.39. The Kier molecular flexibility index (Phi) is 1.73. The van der Waals surface area contributed by atoms with E-state index >= 15 is 0 Å². The summed E-state index contributed by atoms with van der Waals surface area (Å²) in [5.74, 6) is 0. The largest absolute Gasteiger partial charge is 0.317 e. The van der Waals surface area contributed by atoms with Crippen LogP contribution in [0.4, 0.5) is 0 Å². The molecule has 1 aliphatic rings. The Labute approximate surface area is 108 Å². The number of hydrogen-bond acceptors (Lipinski definition) is 3. The predicted molar refractivity (Wildman–Crippen MR) is 71.9 cm³/mol. The smallest absolute Gasteiger partial charge is 0.292 e. The van der Waals surface area contributed by atoms with E-state index in [4.69, 9.17) is 5.73 Å². The highest BCUT2D eigenvalue weighted by molar-refractivity contribution is 5.77. The van der Waals surface area contributed by atoms with Crippen molar-refractivity contribution in [1.82, 2.24) is 14.4 Å². The third-order valence-corrected chi connectivity index (χ3v) is 3.81. The van der Waals surface area contributed by atoms with Gasteiger partial charge in [-0.3, -0.25) is 9.20 Å².